The smallest absolute Gasteiger partial charge is 0.276 e. The Labute approximate surface area is 255 Å². The Hall–Kier alpha value is -2.20. The Kier molecular flexibility index (Phi) is 10.2. The predicted molar refractivity (Wildman–Crippen MR) is 162 cm³/mol. The number of amides is 1. The molecule has 2 aliphatic heterocycles. The highest BCUT2D eigenvalue weighted by Crippen LogP contribution is 2.38. The molecule has 3 aromatic rings. The fourth-order valence-electron chi connectivity index (χ4n) is 5.22. The third kappa shape index (κ3) is 8.43. The van der Waals surface area contributed by atoms with Crippen molar-refractivity contribution in [1.82, 2.24) is 9.80 Å². The molecule has 0 aliphatic carbocycles. The van der Waals surface area contributed by atoms with E-state index in [-0.39, 0.29) is 18.8 Å². The summed E-state index contributed by atoms with van der Waals surface area (Å²) < 4.78 is 10.9. The van der Waals surface area contributed by atoms with Gasteiger partial charge in [0, 0.05) is 56.9 Å². The Morgan fingerprint density at radius 2 is 1.46 bits per heavy atom. The second-order valence-electron chi connectivity index (χ2n) is 10.5. The fourth-order valence-corrected chi connectivity index (χ4v) is 5.36. The van der Waals surface area contributed by atoms with Crippen LogP contribution < -0.4 is 5.32 Å². The molecular formula is C31H34Cl3N3O4. The van der Waals surface area contributed by atoms with Crippen molar-refractivity contribution in [3.05, 3.63) is 101 Å². The molecule has 0 bridgehead atoms. The predicted octanol–water partition coefficient (Wildman–Crippen LogP) is 5.85. The van der Waals surface area contributed by atoms with Crippen LogP contribution in [0, 0.1) is 0 Å². The van der Waals surface area contributed by atoms with Crippen LogP contribution in [0.1, 0.15) is 41.1 Å². The van der Waals surface area contributed by atoms with Crippen molar-refractivity contribution in [2.75, 3.05) is 38.0 Å². The lowest BCUT2D eigenvalue weighted by Crippen LogP contribution is -2.49. The van der Waals surface area contributed by atoms with Crippen molar-refractivity contribution in [1.29, 1.82) is 0 Å². The minimum absolute atomic E-state index is 0.00240. The molecule has 41 heavy (non-hydrogen) atoms. The first-order chi connectivity index (χ1) is 19.8. The van der Waals surface area contributed by atoms with Gasteiger partial charge in [0.15, 0.2) is 6.29 Å². The monoisotopic (exact) mass is 617 g/mol. The van der Waals surface area contributed by atoms with Gasteiger partial charge >= 0.3 is 0 Å². The summed E-state index contributed by atoms with van der Waals surface area (Å²) in [5.41, 5.74) is 4.56. The zero-order valence-electron chi connectivity index (χ0n) is 22.6. The number of halogens is 3. The number of piperazine rings is 1. The van der Waals surface area contributed by atoms with Gasteiger partial charge in [-0.3, -0.25) is 14.6 Å². The first-order valence-corrected chi connectivity index (χ1v) is 14.9. The molecule has 2 fully saturated rings. The molecule has 0 radical (unpaired) electrons. The zero-order valence-corrected chi connectivity index (χ0v) is 24.9. The molecule has 2 aliphatic rings. The lowest BCUT2D eigenvalue weighted by molar-refractivity contribution is -0.253. The van der Waals surface area contributed by atoms with Gasteiger partial charge < -0.3 is 19.9 Å². The maximum atomic E-state index is 12.0. The Bertz CT molecular complexity index is 1260. The highest BCUT2D eigenvalue weighted by atomic mass is 35.6. The molecule has 0 saturated carbocycles. The van der Waals surface area contributed by atoms with Crippen LogP contribution in [-0.4, -0.2) is 63.4 Å². The Morgan fingerprint density at radius 1 is 0.829 bits per heavy atom. The third-order valence-electron chi connectivity index (χ3n) is 7.49. The second kappa shape index (κ2) is 13.8. The highest BCUT2D eigenvalue weighted by Gasteiger charge is 2.34. The number of ether oxygens (including phenoxy) is 2. The van der Waals surface area contributed by atoms with E-state index in [0.29, 0.717) is 5.69 Å². The second-order valence-corrected chi connectivity index (χ2v) is 12.8. The van der Waals surface area contributed by atoms with Crippen LogP contribution in [0.15, 0.2) is 78.9 Å². The maximum absolute atomic E-state index is 12.0. The molecule has 2 saturated heterocycles. The topological polar surface area (TPSA) is 74.3 Å². The van der Waals surface area contributed by atoms with Crippen LogP contribution >= 0.6 is 34.8 Å². The van der Waals surface area contributed by atoms with Gasteiger partial charge in [0.25, 0.3) is 9.70 Å². The lowest BCUT2D eigenvalue weighted by atomic mass is 9.99. The molecule has 3 aromatic carbocycles. The van der Waals surface area contributed by atoms with E-state index in [4.69, 9.17) is 44.3 Å². The molecule has 7 nitrogen and oxygen atoms in total. The number of hydrogen-bond acceptors (Lipinski definition) is 6. The summed E-state index contributed by atoms with van der Waals surface area (Å²) in [5.74, 6) is -0.726. The van der Waals surface area contributed by atoms with Gasteiger partial charge in [-0.05, 0) is 28.8 Å². The number of alkyl halides is 3. The number of benzene rings is 3. The van der Waals surface area contributed by atoms with Crippen molar-refractivity contribution < 1.29 is 19.4 Å². The van der Waals surface area contributed by atoms with Crippen LogP contribution in [-0.2, 0) is 27.4 Å². The van der Waals surface area contributed by atoms with Crippen LogP contribution in [0.25, 0.3) is 0 Å². The molecule has 3 unspecified atom stereocenters. The SMILES string of the molecule is O=C(Nc1ccc(C2OC(CN3CCN(Cc4ccccc4)CC3)CC(c3ccc(CO)cc3)O2)cc1)C(Cl)(Cl)Cl. The number of anilines is 1. The first-order valence-electron chi connectivity index (χ1n) is 13.7. The van der Waals surface area contributed by atoms with E-state index in [9.17, 15) is 9.90 Å². The molecule has 5 rings (SSSR count). The van der Waals surface area contributed by atoms with Crippen molar-refractivity contribution in [2.45, 2.75) is 41.9 Å². The van der Waals surface area contributed by atoms with Gasteiger partial charge in [-0.1, -0.05) is 102 Å². The van der Waals surface area contributed by atoms with Gasteiger partial charge in [-0.25, -0.2) is 0 Å². The number of carbonyl (C=O) groups excluding carboxylic acids is 1. The maximum Gasteiger partial charge on any atom is 0.276 e. The Balaban J connectivity index is 1.25. The third-order valence-corrected chi connectivity index (χ3v) is 8.00. The summed E-state index contributed by atoms with van der Waals surface area (Å²) in [6, 6.07) is 25.6. The number of carbonyl (C=O) groups is 1. The molecule has 0 aromatic heterocycles. The van der Waals surface area contributed by atoms with Gasteiger partial charge in [-0.2, -0.15) is 0 Å². The summed E-state index contributed by atoms with van der Waals surface area (Å²) in [5, 5.41) is 12.1. The number of hydrogen-bond donors (Lipinski definition) is 2. The number of aliphatic hydroxyl groups excluding tert-OH is 1. The zero-order chi connectivity index (χ0) is 28.8. The molecule has 2 heterocycles. The van der Waals surface area contributed by atoms with E-state index in [1.165, 1.54) is 5.56 Å². The number of rotatable bonds is 8. The Morgan fingerprint density at radius 3 is 2.10 bits per heavy atom. The van der Waals surface area contributed by atoms with Gasteiger partial charge in [0.1, 0.15) is 0 Å². The molecule has 3 atom stereocenters. The summed E-state index contributed by atoms with van der Waals surface area (Å²) in [7, 11) is 0. The van der Waals surface area contributed by atoms with Crippen LogP contribution in [0.2, 0.25) is 0 Å². The van der Waals surface area contributed by atoms with Crippen LogP contribution in [0.3, 0.4) is 0 Å². The van der Waals surface area contributed by atoms with Gasteiger partial charge in [0.2, 0.25) is 0 Å². The van der Waals surface area contributed by atoms with Gasteiger partial charge in [-0.15, -0.1) is 0 Å². The van der Waals surface area contributed by atoms with E-state index in [0.717, 1.165) is 62.4 Å². The quantitative estimate of drug-likeness (QED) is 0.309. The molecule has 218 valence electrons. The lowest BCUT2D eigenvalue weighted by Gasteiger charge is -2.40. The van der Waals surface area contributed by atoms with Crippen LogP contribution in [0.5, 0.6) is 0 Å². The first kappa shape index (κ1) is 30.3. The standard InChI is InChI=1S/C31H34Cl3N3O4/c32-31(33,34)30(39)35-26-12-10-25(11-13-26)29-40-27(18-28(41-29)24-8-6-23(21-38)7-9-24)20-37-16-14-36(15-17-37)19-22-4-2-1-3-5-22/h1-13,27-29,38H,14-21H2,(H,35,39). The number of nitrogens with one attached hydrogen (secondary N) is 1. The van der Waals surface area contributed by atoms with Crippen molar-refractivity contribution in [2.24, 2.45) is 0 Å². The normalized spacial score (nSPS) is 22.4. The fraction of sp³-hybridized carbons (Fsp3) is 0.387. The molecular weight excluding hydrogens is 585 g/mol. The summed E-state index contributed by atoms with van der Waals surface area (Å²) in [6.45, 7) is 5.75. The average Bonchev–Trinajstić information content (AvgIpc) is 2.98. The molecule has 1 amide bonds. The molecule has 0 spiro atoms. The molecule has 2 N–H and O–H groups in total. The average molecular weight is 619 g/mol. The van der Waals surface area contributed by atoms with Crippen molar-refractivity contribution in [3.8, 4) is 0 Å². The van der Waals surface area contributed by atoms with Crippen LogP contribution in [0.4, 0.5) is 5.69 Å². The minimum Gasteiger partial charge on any atom is -0.392 e. The largest absolute Gasteiger partial charge is 0.392 e. The van der Waals surface area contributed by atoms with E-state index < -0.39 is 16.0 Å². The van der Waals surface area contributed by atoms with E-state index >= 15 is 0 Å². The highest BCUT2D eigenvalue weighted by molar-refractivity contribution is 6.76. The number of nitrogens with zero attached hydrogens (tertiary/aromatic N) is 2. The minimum atomic E-state index is -2.05. The summed E-state index contributed by atoms with van der Waals surface area (Å²) >= 11 is 17.0. The summed E-state index contributed by atoms with van der Waals surface area (Å²) in [6.07, 6.45) is -0.0832. The summed E-state index contributed by atoms with van der Waals surface area (Å²) in [4.78, 5) is 17.0. The van der Waals surface area contributed by atoms with Gasteiger partial charge in [0.05, 0.1) is 18.8 Å². The van der Waals surface area contributed by atoms with E-state index in [1.54, 1.807) is 12.1 Å². The van der Waals surface area contributed by atoms with Crippen molar-refractivity contribution >= 4 is 46.4 Å². The number of aliphatic hydroxyl groups is 1. The van der Waals surface area contributed by atoms with E-state index in [1.807, 2.05) is 36.4 Å². The van der Waals surface area contributed by atoms with E-state index in [2.05, 4.69) is 45.4 Å². The molecule has 10 heteroatoms. The van der Waals surface area contributed by atoms with Crippen molar-refractivity contribution in [3.63, 3.8) is 0 Å².